The predicted molar refractivity (Wildman–Crippen MR) is 82.7 cm³/mol. The summed E-state index contributed by atoms with van der Waals surface area (Å²) in [6.45, 7) is 5.70. The second-order valence-electron chi connectivity index (χ2n) is 5.07. The smallest absolute Gasteiger partial charge is 0.123 e. The van der Waals surface area contributed by atoms with Gasteiger partial charge in [-0.05, 0) is 73.3 Å². The molecule has 0 heterocycles. The highest BCUT2D eigenvalue weighted by Gasteiger charge is 2.01. The van der Waals surface area contributed by atoms with E-state index in [0.717, 1.165) is 30.1 Å². The quantitative estimate of drug-likeness (QED) is 0.804. The van der Waals surface area contributed by atoms with Crippen LogP contribution in [0.25, 0.3) is 0 Å². The molecule has 0 bridgehead atoms. The Morgan fingerprint density at radius 3 is 2.40 bits per heavy atom. The maximum absolute atomic E-state index is 13.0. The lowest BCUT2D eigenvalue weighted by atomic mass is 10.1. The Bertz CT molecular complexity index is 542. The molecule has 0 aliphatic heterocycles. The first-order valence-corrected chi connectivity index (χ1v) is 7.15. The van der Waals surface area contributed by atoms with E-state index in [1.165, 1.54) is 22.8 Å². The minimum absolute atomic E-state index is 0.170. The predicted octanol–water partition coefficient (Wildman–Crippen LogP) is 4.43. The molecular formula is C17H19ClFN. The lowest BCUT2D eigenvalue weighted by molar-refractivity contribution is 0.624. The van der Waals surface area contributed by atoms with Gasteiger partial charge in [0.1, 0.15) is 5.82 Å². The Balaban J connectivity index is 1.84. The van der Waals surface area contributed by atoms with Crippen LogP contribution < -0.4 is 5.32 Å². The van der Waals surface area contributed by atoms with E-state index in [0.29, 0.717) is 0 Å². The molecule has 0 saturated heterocycles. The molecule has 0 amide bonds. The molecule has 1 N–H and O–H groups in total. The Kier molecular flexibility index (Phi) is 5.16. The molecule has 0 spiro atoms. The van der Waals surface area contributed by atoms with Gasteiger partial charge in [-0.15, -0.1) is 0 Å². The number of hydrogen-bond donors (Lipinski definition) is 1. The summed E-state index contributed by atoms with van der Waals surface area (Å²) in [7, 11) is 0. The van der Waals surface area contributed by atoms with Gasteiger partial charge < -0.3 is 5.32 Å². The van der Waals surface area contributed by atoms with Crippen LogP contribution in [0.2, 0.25) is 5.02 Å². The van der Waals surface area contributed by atoms with Crippen LogP contribution in [-0.2, 0) is 13.0 Å². The van der Waals surface area contributed by atoms with Gasteiger partial charge in [-0.3, -0.25) is 0 Å². The number of benzene rings is 2. The van der Waals surface area contributed by atoms with Crippen molar-refractivity contribution in [3.8, 4) is 0 Å². The first kappa shape index (κ1) is 15.0. The van der Waals surface area contributed by atoms with Crippen LogP contribution in [0.1, 0.15) is 22.3 Å². The average molecular weight is 292 g/mol. The first-order valence-electron chi connectivity index (χ1n) is 6.77. The molecular weight excluding hydrogens is 273 g/mol. The molecule has 0 fully saturated rings. The monoisotopic (exact) mass is 291 g/mol. The molecule has 2 aromatic carbocycles. The van der Waals surface area contributed by atoms with Gasteiger partial charge in [-0.2, -0.15) is 0 Å². The summed E-state index contributed by atoms with van der Waals surface area (Å²) < 4.78 is 13.0. The highest BCUT2D eigenvalue weighted by molar-refractivity contribution is 6.30. The zero-order chi connectivity index (χ0) is 14.5. The van der Waals surface area contributed by atoms with Crippen molar-refractivity contribution in [2.45, 2.75) is 26.8 Å². The lowest BCUT2D eigenvalue weighted by Crippen LogP contribution is -2.17. The Hall–Kier alpha value is -1.38. The van der Waals surface area contributed by atoms with Crippen molar-refractivity contribution in [3.05, 3.63) is 69.5 Å². The molecule has 0 aromatic heterocycles. The maximum atomic E-state index is 13.0. The van der Waals surface area contributed by atoms with Gasteiger partial charge in [0.2, 0.25) is 0 Å². The van der Waals surface area contributed by atoms with Crippen LogP contribution in [0.4, 0.5) is 4.39 Å². The van der Waals surface area contributed by atoms with Crippen molar-refractivity contribution in [1.29, 1.82) is 0 Å². The molecule has 0 saturated carbocycles. The highest BCUT2D eigenvalue weighted by Crippen LogP contribution is 2.15. The minimum atomic E-state index is -0.170. The summed E-state index contributed by atoms with van der Waals surface area (Å²) in [6.07, 6.45) is 0.902. The Labute approximate surface area is 124 Å². The fourth-order valence-corrected chi connectivity index (χ4v) is 2.47. The lowest BCUT2D eigenvalue weighted by Gasteiger charge is -2.09. The van der Waals surface area contributed by atoms with Crippen LogP contribution >= 0.6 is 11.6 Å². The van der Waals surface area contributed by atoms with Crippen molar-refractivity contribution < 1.29 is 4.39 Å². The molecule has 106 valence electrons. The summed E-state index contributed by atoms with van der Waals surface area (Å²) >= 11 is 5.94. The van der Waals surface area contributed by atoms with E-state index in [1.807, 2.05) is 31.2 Å². The standard InChI is InChI=1S/C17H19ClFN/c1-12-9-16(18)5-3-15(12)11-20-8-7-14-4-6-17(19)10-13(14)2/h3-6,9-10,20H,7-8,11H2,1-2H3. The van der Waals surface area contributed by atoms with Crippen molar-refractivity contribution in [2.24, 2.45) is 0 Å². The average Bonchev–Trinajstić information content (AvgIpc) is 2.39. The van der Waals surface area contributed by atoms with Gasteiger partial charge in [-0.1, -0.05) is 23.7 Å². The van der Waals surface area contributed by atoms with Crippen LogP contribution in [0.5, 0.6) is 0 Å². The van der Waals surface area contributed by atoms with Crippen molar-refractivity contribution >= 4 is 11.6 Å². The number of aryl methyl sites for hydroxylation is 2. The molecule has 0 radical (unpaired) electrons. The Morgan fingerprint density at radius 2 is 1.70 bits per heavy atom. The van der Waals surface area contributed by atoms with Crippen molar-refractivity contribution in [2.75, 3.05) is 6.54 Å². The zero-order valence-electron chi connectivity index (χ0n) is 11.8. The van der Waals surface area contributed by atoms with Gasteiger partial charge >= 0.3 is 0 Å². The van der Waals surface area contributed by atoms with Gasteiger partial charge in [0.15, 0.2) is 0 Å². The fraction of sp³-hybridized carbons (Fsp3) is 0.294. The van der Waals surface area contributed by atoms with Crippen LogP contribution in [0, 0.1) is 19.7 Å². The highest BCUT2D eigenvalue weighted by atomic mass is 35.5. The summed E-state index contributed by atoms with van der Waals surface area (Å²) in [5, 5.41) is 4.19. The zero-order valence-corrected chi connectivity index (χ0v) is 12.6. The SMILES string of the molecule is Cc1cc(F)ccc1CCNCc1ccc(Cl)cc1C. The first-order chi connectivity index (χ1) is 9.56. The molecule has 0 aliphatic rings. The molecule has 2 rings (SSSR count). The number of halogens is 2. The third-order valence-electron chi connectivity index (χ3n) is 3.50. The molecule has 0 atom stereocenters. The Morgan fingerprint density at radius 1 is 1.00 bits per heavy atom. The second-order valence-corrected chi connectivity index (χ2v) is 5.50. The summed E-state index contributed by atoms with van der Waals surface area (Å²) in [4.78, 5) is 0. The van der Waals surface area contributed by atoms with Crippen molar-refractivity contribution in [1.82, 2.24) is 5.32 Å². The largest absolute Gasteiger partial charge is 0.312 e. The summed E-state index contributed by atoms with van der Waals surface area (Å²) in [5.41, 5.74) is 4.65. The van der Waals surface area contributed by atoms with E-state index in [4.69, 9.17) is 11.6 Å². The van der Waals surface area contributed by atoms with Crippen LogP contribution in [0.3, 0.4) is 0 Å². The number of rotatable bonds is 5. The van der Waals surface area contributed by atoms with Crippen molar-refractivity contribution in [3.63, 3.8) is 0 Å². The minimum Gasteiger partial charge on any atom is -0.312 e. The van der Waals surface area contributed by atoms with Gasteiger partial charge in [-0.25, -0.2) is 4.39 Å². The fourth-order valence-electron chi connectivity index (χ4n) is 2.24. The third kappa shape index (κ3) is 4.06. The van der Waals surface area contributed by atoms with E-state index in [-0.39, 0.29) is 5.82 Å². The van der Waals surface area contributed by atoms with E-state index < -0.39 is 0 Å². The van der Waals surface area contributed by atoms with Crippen LogP contribution in [-0.4, -0.2) is 6.54 Å². The molecule has 2 aromatic rings. The molecule has 20 heavy (non-hydrogen) atoms. The van der Waals surface area contributed by atoms with E-state index in [9.17, 15) is 4.39 Å². The van der Waals surface area contributed by atoms with E-state index in [2.05, 4.69) is 12.2 Å². The molecule has 0 unspecified atom stereocenters. The topological polar surface area (TPSA) is 12.0 Å². The normalized spacial score (nSPS) is 10.8. The maximum Gasteiger partial charge on any atom is 0.123 e. The molecule has 3 heteroatoms. The molecule has 1 nitrogen and oxygen atoms in total. The van der Waals surface area contributed by atoms with Crippen LogP contribution in [0.15, 0.2) is 36.4 Å². The summed E-state index contributed by atoms with van der Waals surface area (Å²) in [6, 6.07) is 10.9. The number of hydrogen-bond acceptors (Lipinski definition) is 1. The second kappa shape index (κ2) is 6.87. The van der Waals surface area contributed by atoms with Gasteiger partial charge in [0.25, 0.3) is 0 Å². The number of nitrogens with one attached hydrogen (secondary N) is 1. The van der Waals surface area contributed by atoms with E-state index >= 15 is 0 Å². The molecule has 0 aliphatic carbocycles. The third-order valence-corrected chi connectivity index (χ3v) is 3.73. The van der Waals surface area contributed by atoms with Gasteiger partial charge in [0, 0.05) is 11.6 Å². The van der Waals surface area contributed by atoms with Gasteiger partial charge in [0.05, 0.1) is 0 Å². The van der Waals surface area contributed by atoms with E-state index in [1.54, 1.807) is 6.07 Å². The summed E-state index contributed by atoms with van der Waals surface area (Å²) in [5.74, 6) is -0.170.